The van der Waals surface area contributed by atoms with Gasteiger partial charge in [-0.05, 0) is 47.1 Å². The SMILES string of the molecule is C[C@@H](C(=O)Nc1ccccc1Br)N(c1ccccc1F)S(C)(=O)=O. The summed E-state index contributed by atoms with van der Waals surface area (Å²) in [6, 6.07) is 11.2. The van der Waals surface area contributed by atoms with Gasteiger partial charge in [0, 0.05) is 4.47 Å². The molecule has 0 aliphatic carbocycles. The van der Waals surface area contributed by atoms with Crippen LogP contribution in [-0.2, 0) is 14.8 Å². The second kappa shape index (κ2) is 7.31. The summed E-state index contributed by atoms with van der Waals surface area (Å²) in [6.07, 6.45) is 0.932. The average molecular weight is 415 g/mol. The Bertz CT molecular complexity index is 858. The summed E-state index contributed by atoms with van der Waals surface area (Å²) in [7, 11) is -3.87. The van der Waals surface area contributed by atoms with Crippen LogP contribution in [0, 0.1) is 5.82 Å². The molecule has 24 heavy (non-hydrogen) atoms. The van der Waals surface area contributed by atoms with Crippen LogP contribution in [0.25, 0.3) is 0 Å². The van der Waals surface area contributed by atoms with E-state index in [9.17, 15) is 17.6 Å². The molecule has 0 unspecified atom stereocenters. The summed E-state index contributed by atoms with van der Waals surface area (Å²) in [6.45, 7) is 1.40. The molecule has 0 aliphatic rings. The van der Waals surface area contributed by atoms with Crippen molar-refractivity contribution in [2.75, 3.05) is 15.9 Å². The lowest BCUT2D eigenvalue weighted by molar-refractivity contribution is -0.116. The van der Waals surface area contributed by atoms with Crippen molar-refractivity contribution in [3.05, 3.63) is 58.8 Å². The summed E-state index contributed by atoms with van der Waals surface area (Å²) < 4.78 is 39.7. The topological polar surface area (TPSA) is 66.5 Å². The first-order chi connectivity index (χ1) is 11.2. The predicted octanol–water partition coefficient (Wildman–Crippen LogP) is 3.38. The molecule has 1 N–H and O–H groups in total. The van der Waals surface area contributed by atoms with E-state index in [0.29, 0.717) is 10.2 Å². The number of sulfonamides is 1. The highest BCUT2D eigenvalue weighted by Crippen LogP contribution is 2.26. The predicted molar refractivity (Wildman–Crippen MR) is 96.0 cm³/mol. The number of halogens is 2. The van der Waals surface area contributed by atoms with Gasteiger partial charge in [0.05, 0.1) is 17.6 Å². The molecule has 128 valence electrons. The number of anilines is 2. The van der Waals surface area contributed by atoms with Gasteiger partial charge in [0.25, 0.3) is 0 Å². The summed E-state index contributed by atoms with van der Waals surface area (Å²) in [5, 5.41) is 2.64. The Balaban J connectivity index is 2.36. The number of carbonyl (C=O) groups excluding carboxylic acids is 1. The highest BCUT2D eigenvalue weighted by atomic mass is 79.9. The second-order valence-electron chi connectivity index (χ2n) is 5.16. The Morgan fingerprint density at radius 1 is 1.17 bits per heavy atom. The largest absolute Gasteiger partial charge is 0.323 e. The first-order valence-electron chi connectivity index (χ1n) is 7.01. The monoisotopic (exact) mass is 414 g/mol. The van der Waals surface area contributed by atoms with E-state index in [1.807, 2.05) is 0 Å². The fourth-order valence-electron chi connectivity index (χ4n) is 2.21. The van der Waals surface area contributed by atoms with Crippen molar-refractivity contribution in [2.45, 2.75) is 13.0 Å². The molecule has 0 bridgehead atoms. The van der Waals surface area contributed by atoms with Crippen LogP contribution in [0.1, 0.15) is 6.92 Å². The Labute approximate surface area is 148 Å². The summed E-state index contributed by atoms with van der Waals surface area (Å²) >= 11 is 3.30. The van der Waals surface area contributed by atoms with Gasteiger partial charge >= 0.3 is 0 Å². The number of para-hydroxylation sites is 2. The van der Waals surface area contributed by atoms with Crippen molar-refractivity contribution < 1.29 is 17.6 Å². The molecule has 0 aromatic heterocycles. The number of nitrogens with one attached hydrogen (secondary N) is 1. The van der Waals surface area contributed by atoms with Crippen LogP contribution < -0.4 is 9.62 Å². The summed E-state index contributed by atoms with van der Waals surface area (Å²) in [5.74, 6) is -1.29. The van der Waals surface area contributed by atoms with Gasteiger partial charge in [-0.3, -0.25) is 9.10 Å². The standard InChI is InChI=1S/C16H16BrFN2O3S/c1-11(16(21)19-14-9-5-3-7-12(14)17)20(24(2,22)23)15-10-6-4-8-13(15)18/h3-11H,1-2H3,(H,19,21)/t11-/m0/s1. The molecule has 0 spiro atoms. The molecule has 5 nitrogen and oxygen atoms in total. The zero-order chi connectivity index (χ0) is 17.9. The molecule has 0 radical (unpaired) electrons. The molecule has 2 aromatic rings. The highest BCUT2D eigenvalue weighted by molar-refractivity contribution is 9.10. The molecule has 0 aliphatic heterocycles. The average Bonchev–Trinajstić information content (AvgIpc) is 2.50. The lowest BCUT2D eigenvalue weighted by atomic mass is 10.2. The number of hydrogen-bond donors (Lipinski definition) is 1. The van der Waals surface area contributed by atoms with Gasteiger partial charge in [-0.2, -0.15) is 0 Å². The van der Waals surface area contributed by atoms with Crippen molar-refractivity contribution in [3.63, 3.8) is 0 Å². The molecule has 0 heterocycles. The van der Waals surface area contributed by atoms with Crippen molar-refractivity contribution in [1.29, 1.82) is 0 Å². The first kappa shape index (κ1) is 18.4. The van der Waals surface area contributed by atoms with Crippen LogP contribution in [0.2, 0.25) is 0 Å². The fraction of sp³-hybridized carbons (Fsp3) is 0.188. The fourth-order valence-corrected chi connectivity index (χ4v) is 3.77. The molecule has 2 aromatic carbocycles. The third-order valence-corrected chi connectivity index (χ3v) is 5.23. The number of nitrogens with zero attached hydrogens (tertiary/aromatic N) is 1. The first-order valence-corrected chi connectivity index (χ1v) is 9.65. The molecule has 1 amide bonds. The van der Waals surface area contributed by atoms with Gasteiger partial charge in [0.15, 0.2) is 0 Å². The highest BCUT2D eigenvalue weighted by Gasteiger charge is 2.31. The lowest BCUT2D eigenvalue weighted by Crippen LogP contribution is -2.45. The molecular weight excluding hydrogens is 399 g/mol. The van der Waals surface area contributed by atoms with E-state index in [1.165, 1.54) is 25.1 Å². The zero-order valence-electron chi connectivity index (χ0n) is 13.0. The van der Waals surface area contributed by atoms with Crippen LogP contribution in [0.15, 0.2) is 53.0 Å². The third kappa shape index (κ3) is 4.12. The normalized spacial score (nSPS) is 12.5. The zero-order valence-corrected chi connectivity index (χ0v) is 15.4. The molecule has 8 heteroatoms. The van der Waals surface area contributed by atoms with Crippen molar-refractivity contribution in [1.82, 2.24) is 0 Å². The Hall–Kier alpha value is -1.93. The Morgan fingerprint density at radius 3 is 2.33 bits per heavy atom. The van der Waals surface area contributed by atoms with E-state index in [2.05, 4.69) is 21.2 Å². The van der Waals surface area contributed by atoms with Crippen molar-refractivity contribution in [3.8, 4) is 0 Å². The van der Waals surface area contributed by atoms with Crippen LogP contribution in [0.3, 0.4) is 0 Å². The molecule has 1 atom stereocenters. The molecule has 0 fully saturated rings. The van der Waals surface area contributed by atoms with Crippen LogP contribution in [-0.4, -0.2) is 26.6 Å². The van der Waals surface area contributed by atoms with Crippen LogP contribution in [0.4, 0.5) is 15.8 Å². The number of hydrogen-bond acceptors (Lipinski definition) is 3. The maximum Gasteiger partial charge on any atom is 0.248 e. The maximum atomic E-state index is 14.0. The minimum atomic E-state index is -3.87. The van der Waals surface area contributed by atoms with Gasteiger partial charge < -0.3 is 5.32 Å². The van der Waals surface area contributed by atoms with E-state index in [4.69, 9.17) is 0 Å². The number of benzene rings is 2. The lowest BCUT2D eigenvalue weighted by Gasteiger charge is -2.28. The smallest absolute Gasteiger partial charge is 0.248 e. The Morgan fingerprint density at radius 2 is 1.75 bits per heavy atom. The van der Waals surface area contributed by atoms with Crippen LogP contribution >= 0.6 is 15.9 Å². The maximum absolute atomic E-state index is 14.0. The van der Waals surface area contributed by atoms with Gasteiger partial charge in [-0.25, -0.2) is 12.8 Å². The van der Waals surface area contributed by atoms with Crippen molar-refractivity contribution >= 4 is 43.2 Å². The van der Waals surface area contributed by atoms with E-state index in [1.54, 1.807) is 24.3 Å². The summed E-state index contributed by atoms with van der Waals surface area (Å²) in [4.78, 5) is 12.5. The van der Waals surface area contributed by atoms with Crippen molar-refractivity contribution in [2.24, 2.45) is 0 Å². The second-order valence-corrected chi connectivity index (χ2v) is 7.87. The molecule has 0 saturated carbocycles. The summed E-state index contributed by atoms with van der Waals surface area (Å²) in [5.41, 5.74) is 0.325. The van der Waals surface area contributed by atoms with Gasteiger partial charge in [-0.15, -0.1) is 0 Å². The molecule has 2 rings (SSSR count). The van der Waals surface area contributed by atoms with E-state index < -0.39 is 27.8 Å². The quantitative estimate of drug-likeness (QED) is 0.815. The Kier molecular flexibility index (Phi) is 5.61. The van der Waals surface area contributed by atoms with Gasteiger partial charge in [0.2, 0.25) is 15.9 Å². The molecular formula is C16H16BrFN2O3S. The number of carbonyl (C=O) groups is 1. The van der Waals surface area contributed by atoms with Gasteiger partial charge in [0.1, 0.15) is 11.9 Å². The molecule has 0 saturated heterocycles. The van der Waals surface area contributed by atoms with E-state index in [-0.39, 0.29) is 5.69 Å². The third-order valence-electron chi connectivity index (χ3n) is 3.31. The minimum absolute atomic E-state index is 0.172. The van der Waals surface area contributed by atoms with E-state index in [0.717, 1.165) is 16.6 Å². The minimum Gasteiger partial charge on any atom is -0.323 e. The number of rotatable bonds is 5. The van der Waals surface area contributed by atoms with E-state index >= 15 is 0 Å². The van der Waals surface area contributed by atoms with Crippen LogP contribution in [0.5, 0.6) is 0 Å². The number of amides is 1. The van der Waals surface area contributed by atoms with Gasteiger partial charge in [-0.1, -0.05) is 24.3 Å².